The molecule has 0 aromatic heterocycles. The predicted molar refractivity (Wildman–Crippen MR) is 117 cm³/mol. The summed E-state index contributed by atoms with van der Waals surface area (Å²) in [6.07, 6.45) is 0.362. The van der Waals surface area contributed by atoms with E-state index in [1.807, 2.05) is 65.6 Å². The van der Waals surface area contributed by atoms with E-state index < -0.39 is 0 Å². The van der Waals surface area contributed by atoms with Gasteiger partial charge in [-0.05, 0) is 17.7 Å². The number of para-hydroxylation sites is 1. The molecule has 0 spiro atoms. The summed E-state index contributed by atoms with van der Waals surface area (Å²) in [5, 5.41) is 0. The van der Waals surface area contributed by atoms with Gasteiger partial charge in [0.05, 0.1) is 0 Å². The highest BCUT2D eigenvalue weighted by atomic mass is 35.5. The summed E-state index contributed by atoms with van der Waals surface area (Å²) >= 11 is 0. The van der Waals surface area contributed by atoms with Crippen LogP contribution in [0.4, 0.5) is 0 Å². The Morgan fingerprint density at radius 1 is 0.929 bits per heavy atom. The molecule has 0 radical (unpaired) electrons. The number of nitrogens with zero attached hydrogens (tertiary/aromatic N) is 2. The van der Waals surface area contributed by atoms with Gasteiger partial charge in [0.2, 0.25) is 5.91 Å². The van der Waals surface area contributed by atoms with Crippen molar-refractivity contribution in [2.45, 2.75) is 12.5 Å². The number of halogens is 2. The molecular weight excluding hydrogens is 397 g/mol. The fraction of sp³-hybridized carbons (Fsp3) is 0.381. The summed E-state index contributed by atoms with van der Waals surface area (Å²) < 4.78 is 5.75. The Morgan fingerprint density at radius 2 is 1.50 bits per heavy atom. The molecule has 2 aromatic rings. The molecule has 1 aliphatic heterocycles. The highest BCUT2D eigenvalue weighted by Gasteiger charge is 2.22. The van der Waals surface area contributed by atoms with Crippen molar-refractivity contribution in [2.24, 2.45) is 5.73 Å². The minimum atomic E-state index is -0.235. The van der Waals surface area contributed by atoms with E-state index in [2.05, 4.69) is 4.90 Å². The second-order valence-corrected chi connectivity index (χ2v) is 6.61. The van der Waals surface area contributed by atoms with Crippen LogP contribution >= 0.6 is 24.8 Å². The lowest BCUT2D eigenvalue weighted by Crippen LogP contribution is -2.49. The molecule has 0 aliphatic carbocycles. The lowest BCUT2D eigenvalue weighted by atomic mass is 10.0. The Balaban J connectivity index is 0.00000196. The molecule has 0 bridgehead atoms. The monoisotopic (exact) mass is 425 g/mol. The van der Waals surface area contributed by atoms with Crippen molar-refractivity contribution in [2.75, 3.05) is 39.3 Å². The van der Waals surface area contributed by atoms with Gasteiger partial charge in [0.1, 0.15) is 12.4 Å². The largest absolute Gasteiger partial charge is 0.492 e. The number of hydrogen-bond donors (Lipinski definition) is 1. The number of amides is 1. The number of carbonyl (C=O) groups excluding carboxylic acids is 1. The summed E-state index contributed by atoms with van der Waals surface area (Å²) in [6.45, 7) is 4.81. The second-order valence-electron chi connectivity index (χ2n) is 6.61. The van der Waals surface area contributed by atoms with Crippen molar-refractivity contribution in [3.05, 3.63) is 66.2 Å². The third kappa shape index (κ3) is 7.32. The van der Waals surface area contributed by atoms with Crippen molar-refractivity contribution in [3.63, 3.8) is 0 Å². The topological polar surface area (TPSA) is 58.8 Å². The van der Waals surface area contributed by atoms with Crippen LogP contribution in [0.15, 0.2) is 60.7 Å². The van der Waals surface area contributed by atoms with Crippen LogP contribution in [0.25, 0.3) is 0 Å². The van der Waals surface area contributed by atoms with Gasteiger partial charge in [-0.2, -0.15) is 0 Å². The molecule has 28 heavy (non-hydrogen) atoms. The molecule has 0 saturated carbocycles. The number of rotatable bonds is 7. The van der Waals surface area contributed by atoms with Crippen LogP contribution in [-0.4, -0.2) is 55.0 Å². The Labute approximate surface area is 179 Å². The van der Waals surface area contributed by atoms with Crippen LogP contribution in [-0.2, 0) is 4.79 Å². The first kappa shape index (κ1) is 24.2. The lowest BCUT2D eigenvalue weighted by molar-refractivity contribution is -0.133. The van der Waals surface area contributed by atoms with Crippen LogP contribution in [0.1, 0.15) is 18.0 Å². The maximum Gasteiger partial charge on any atom is 0.224 e. The lowest BCUT2D eigenvalue weighted by Gasteiger charge is -2.35. The maximum atomic E-state index is 12.5. The third-order valence-corrected chi connectivity index (χ3v) is 4.77. The SMILES string of the molecule is Cl.Cl.NC(CC(=O)N1CCN(CCOc2ccccc2)CC1)c1ccccc1. The van der Waals surface area contributed by atoms with E-state index in [0.29, 0.717) is 13.0 Å². The Kier molecular flexibility index (Phi) is 10.9. The van der Waals surface area contributed by atoms with Crippen molar-refractivity contribution in [1.82, 2.24) is 9.80 Å². The Bertz CT molecular complexity index is 681. The fourth-order valence-corrected chi connectivity index (χ4v) is 3.17. The second kappa shape index (κ2) is 12.6. The molecule has 154 valence electrons. The van der Waals surface area contributed by atoms with Crippen LogP contribution < -0.4 is 10.5 Å². The molecule has 1 unspecified atom stereocenters. The van der Waals surface area contributed by atoms with Gasteiger partial charge in [-0.25, -0.2) is 0 Å². The van der Waals surface area contributed by atoms with Gasteiger partial charge in [-0.1, -0.05) is 48.5 Å². The van der Waals surface area contributed by atoms with E-state index in [4.69, 9.17) is 10.5 Å². The first-order chi connectivity index (χ1) is 12.7. The molecular formula is C21H29Cl2N3O2. The average molecular weight is 426 g/mol. The molecule has 1 aliphatic rings. The van der Waals surface area contributed by atoms with Crippen molar-refractivity contribution in [3.8, 4) is 5.75 Å². The highest BCUT2D eigenvalue weighted by Crippen LogP contribution is 2.15. The van der Waals surface area contributed by atoms with Gasteiger partial charge >= 0.3 is 0 Å². The quantitative estimate of drug-likeness (QED) is 0.739. The molecule has 3 rings (SSSR count). The zero-order valence-corrected chi connectivity index (χ0v) is 17.5. The van der Waals surface area contributed by atoms with E-state index in [-0.39, 0.29) is 36.8 Å². The van der Waals surface area contributed by atoms with Crippen LogP contribution in [0.3, 0.4) is 0 Å². The van der Waals surface area contributed by atoms with Crippen LogP contribution in [0.2, 0.25) is 0 Å². The average Bonchev–Trinajstić information content (AvgIpc) is 2.70. The minimum absolute atomic E-state index is 0. The number of piperazine rings is 1. The summed E-state index contributed by atoms with van der Waals surface area (Å²) in [5.74, 6) is 1.04. The van der Waals surface area contributed by atoms with Crippen molar-refractivity contribution < 1.29 is 9.53 Å². The van der Waals surface area contributed by atoms with Crippen LogP contribution in [0.5, 0.6) is 5.75 Å². The summed E-state index contributed by atoms with van der Waals surface area (Å²) in [4.78, 5) is 16.8. The molecule has 1 atom stereocenters. The van der Waals surface area contributed by atoms with E-state index in [1.165, 1.54) is 0 Å². The minimum Gasteiger partial charge on any atom is -0.492 e. The van der Waals surface area contributed by atoms with Gasteiger partial charge in [0, 0.05) is 45.2 Å². The number of benzene rings is 2. The molecule has 7 heteroatoms. The normalized spacial score (nSPS) is 15.1. The number of carbonyl (C=O) groups is 1. The van der Waals surface area contributed by atoms with Crippen molar-refractivity contribution in [1.29, 1.82) is 0 Å². The standard InChI is InChI=1S/C21H27N3O2.2ClH/c22-20(18-7-3-1-4-8-18)17-21(25)24-13-11-23(12-14-24)15-16-26-19-9-5-2-6-10-19;;/h1-10,20H,11-17,22H2;2*1H. The van der Waals surface area contributed by atoms with E-state index in [0.717, 1.165) is 44.0 Å². The van der Waals surface area contributed by atoms with E-state index in [9.17, 15) is 4.79 Å². The van der Waals surface area contributed by atoms with Crippen LogP contribution in [0, 0.1) is 0 Å². The van der Waals surface area contributed by atoms with Crippen molar-refractivity contribution >= 4 is 30.7 Å². The van der Waals surface area contributed by atoms with Gasteiger partial charge < -0.3 is 15.4 Å². The number of ether oxygens (including phenoxy) is 1. The molecule has 1 amide bonds. The molecule has 5 nitrogen and oxygen atoms in total. The summed E-state index contributed by atoms with van der Waals surface area (Å²) in [6, 6.07) is 19.4. The highest BCUT2D eigenvalue weighted by molar-refractivity contribution is 5.85. The Hall–Kier alpha value is -1.79. The fourth-order valence-electron chi connectivity index (χ4n) is 3.17. The number of nitrogens with two attached hydrogens (primary N) is 1. The summed E-state index contributed by atoms with van der Waals surface area (Å²) in [5.41, 5.74) is 7.19. The van der Waals surface area contributed by atoms with Gasteiger partial charge in [0.25, 0.3) is 0 Å². The first-order valence-corrected chi connectivity index (χ1v) is 9.21. The van der Waals surface area contributed by atoms with Gasteiger partial charge in [-0.15, -0.1) is 24.8 Å². The molecule has 2 N–H and O–H groups in total. The van der Waals surface area contributed by atoms with Gasteiger partial charge in [-0.3, -0.25) is 9.69 Å². The summed E-state index contributed by atoms with van der Waals surface area (Å²) in [7, 11) is 0. The zero-order chi connectivity index (χ0) is 18.2. The smallest absolute Gasteiger partial charge is 0.224 e. The zero-order valence-electron chi connectivity index (χ0n) is 15.9. The molecule has 1 saturated heterocycles. The van der Waals surface area contributed by atoms with E-state index >= 15 is 0 Å². The predicted octanol–water partition coefficient (Wildman–Crippen LogP) is 3.14. The van der Waals surface area contributed by atoms with Gasteiger partial charge in [0.15, 0.2) is 0 Å². The Morgan fingerprint density at radius 3 is 2.11 bits per heavy atom. The molecule has 1 fully saturated rings. The maximum absolute atomic E-state index is 12.5. The first-order valence-electron chi connectivity index (χ1n) is 9.21. The third-order valence-electron chi connectivity index (χ3n) is 4.77. The molecule has 2 aromatic carbocycles. The molecule has 1 heterocycles. The number of hydrogen-bond acceptors (Lipinski definition) is 4. The van der Waals surface area contributed by atoms with E-state index in [1.54, 1.807) is 0 Å².